The summed E-state index contributed by atoms with van der Waals surface area (Å²) in [6.07, 6.45) is 4.55. The van der Waals surface area contributed by atoms with Gasteiger partial charge in [0.25, 0.3) is 5.91 Å². The number of carboxylic acid groups (broad SMARTS) is 1. The molecule has 0 spiro atoms. The number of carbonyl (C=O) groups is 4. The number of benzene rings is 2. The smallest absolute Gasteiger partial charge is 0.408 e. The van der Waals surface area contributed by atoms with Crippen LogP contribution >= 0.6 is 11.6 Å². The van der Waals surface area contributed by atoms with E-state index >= 15 is 4.79 Å². The molecule has 0 radical (unpaired) electrons. The summed E-state index contributed by atoms with van der Waals surface area (Å²) in [5, 5.41) is 14.7. The molecule has 3 heterocycles. The van der Waals surface area contributed by atoms with Crippen LogP contribution in [0.5, 0.6) is 17.4 Å². The molecule has 17 heteroatoms. The lowest BCUT2D eigenvalue weighted by Crippen LogP contribution is -2.62. The average Bonchev–Trinajstić information content (AvgIpc) is 4.14. The van der Waals surface area contributed by atoms with E-state index in [9.17, 15) is 27.9 Å². The third kappa shape index (κ3) is 9.17. The van der Waals surface area contributed by atoms with Gasteiger partial charge < -0.3 is 29.5 Å². The molecule has 4 amide bonds. The van der Waals surface area contributed by atoms with E-state index in [1.54, 1.807) is 52.1 Å². The number of aromatic nitrogens is 1. The fourth-order valence-corrected chi connectivity index (χ4v) is 10.6. The van der Waals surface area contributed by atoms with Crippen LogP contribution in [0.15, 0.2) is 54.6 Å². The molecule has 2 aliphatic carbocycles. The third-order valence-corrected chi connectivity index (χ3v) is 14.6. The van der Waals surface area contributed by atoms with Crippen molar-refractivity contribution in [3.63, 3.8) is 0 Å². The molecule has 3 fully saturated rings. The first-order valence-corrected chi connectivity index (χ1v) is 23.1. The molecule has 2 aromatic carbocycles. The molecule has 3 N–H and O–H groups in total. The summed E-state index contributed by atoms with van der Waals surface area (Å²) < 4.78 is 45.9. The number of halogens is 1. The second-order valence-corrected chi connectivity index (χ2v) is 20.6. The van der Waals surface area contributed by atoms with Crippen molar-refractivity contribution in [2.45, 2.75) is 114 Å². The Morgan fingerprint density at radius 1 is 1.03 bits per heavy atom. The second-order valence-electron chi connectivity index (χ2n) is 18.3. The number of ether oxygens (including phenoxy) is 3. The number of hydrogen-bond donors (Lipinski definition) is 3. The molecule has 62 heavy (non-hydrogen) atoms. The summed E-state index contributed by atoms with van der Waals surface area (Å²) in [6.45, 7) is 8.98. The van der Waals surface area contributed by atoms with Crippen molar-refractivity contribution in [3.05, 3.63) is 59.6 Å². The molecule has 7 atom stereocenters. The van der Waals surface area contributed by atoms with Gasteiger partial charge in [-0.3, -0.25) is 24.0 Å². The van der Waals surface area contributed by atoms with Crippen LogP contribution in [-0.2, 0) is 24.4 Å². The SMILES string of the molecule is COc1ccc2c(O[C@@H]3C[C@H]4C(=O)N[C@]5(C(=O)NS(=O)(=O)C6CC6)C[C@H]5/C=C\CC[C@@H](C)C[C@@H](C)[C@H](N(C(=O)O)C(C)(C)C)C(=O)N4C3)nc(-c3ccc(OC)c(Cl)c3)cc2c1. The number of amides is 4. The fraction of sp³-hybridized carbons (Fsp3) is 0.533. The highest BCUT2D eigenvalue weighted by atomic mass is 35.5. The van der Waals surface area contributed by atoms with Gasteiger partial charge in [-0.05, 0) is 119 Å². The van der Waals surface area contributed by atoms with Crippen molar-refractivity contribution in [1.82, 2.24) is 24.8 Å². The number of pyridine rings is 1. The quantitative estimate of drug-likeness (QED) is 0.197. The van der Waals surface area contributed by atoms with Gasteiger partial charge in [-0.2, -0.15) is 0 Å². The highest BCUT2D eigenvalue weighted by Gasteiger charge is 2.62. The Bertz CT molecular complexity index is 2400. The van der Waals surface area contributed by atoms with Gasteiger partial charge in [0.15, 0.2) is 0 Å². The van der Waals surface area contributed by atoms with Gasteiger partial charge >= 0.3 is 6.09 Å². The molecule has 1 saturated heterocycles. The van der Waals surface area contributed by atoms with Gasteiger partial charge in [0.05, 0.1) is 36.7 Å². The number of fused-ring (bicyclic) bond motifs is 3. The van der Waals surface area contributed by atoms with Crippen LogP contribution in [0.25, 0.3) is 22.0 Å². The molecule has 2 saturated carbocycles. The van der Waals surface area contributed by atoms with E-state index in [1.807, 2.05) is 37.3 Å². The summed E-state index contributed by atoms with van der Waals surface area (Å²) >= 11 is 6.53. The van der Waals surface area contributed by atoms with Crippen LogP contribution in [0.4, 0.5) is 4.79 Å². The van der Waals surface area contributed by atoms with Crippen LogP contribution in [0.3, 0.4) is 0 Å². The first-order chi connectivity index (χ1) is 29.3. The number of allylic oxidation sites excluding steroid dienone is 1. The lowest BCUT2D eigenvalue weighted by molar-refractivity contribution is -0.146. The minimum Gasteiger partial charge on any atom is -0.497 e. The highest BCUT2D eigenvalue weighted by Crippen LogP contribution is 2.46. The first-order valence-electron chi connectivity index (χ1n) is 21.1. The summed E-state index contributed by atoms with van der Waals surface area (Å²) in [6, 6.07) is 10.1. The second kappa shape index (κ2) is 17.2. The van der Waals surface area contributed by atoms with Crippen molar-refractivity contribution < 1.29 is 46.9 Å². The molecule has 334 valence electrons. The Labute approximate surface area is 367 Å². The van der Waals surface area contributed by atoms with E-state index in [-0.39, 0.29) is 31.2 Å². The van der Waals surface area contributed by atoms with Crippen molar-refractivity contribution in [2.75, 3.05) is 20.8 Å². The van der Waals surface area contributed by atoms with Crippen molar-refractivity contribution in [1.29, 1.82) is 0 Å². The lowest BCUT2D eigenvalue weighted by Gasteiger charge is -2.43. The maximum absolute atomic E-state index is 15.3. The van der Waals surface area contributed by atoms with Gasteiger partial charge in [0, 0.05) is 28.8 Å². The first kappa shape index (κ1) is 44.9. The maximum Gasteiger partial charge on any atom is 0.408 e. The number of nitrogens with zero attached hydrogens (tertiary/aromatic N) is 3. The molecule has 2 aliphatic heterocycles. The molecule has 7 rings (SSSR count). The molecule has 15 nitrogen and oxygen atoms in total. The summed E-state index contributed by atoms with van der Waals surface area (Å²) in [5.41, 5.74) is -1.40. The summed E-state index contributed by atoms with van der Waals surface area (Å²) in [5.74, 6) is -1.67. The van der Waals surface area contributed by atoms with Gasteiger partial charge in [-0.25, -0.2) is 18.2 Å². The van der Waals surface area contributed by atoms with E-state index in [2.05, 4.69) is 17.0 Å². The Balaban J connectivity index is 1.30. The zero-order valence-electron chi connectivity index (χ0n) is 36.1. The zero-order chi connectivity index (χ0) is 44.9. The summed E-state index contributed by atoms with van der Waals surface area (Å²) in [7, 11) is -0.871. The zero-order valence-corrected chi connectivity index (χ0v) is 37.7. The van der Waals surface area contributed by atoms with Gasteiger partial charge in [0.1, 0.15) is 35.2 Å². The topological polar surface area (TPSA) is 194 Å². The predicted molar refractivity (Wildman–Crippen MR) is 234 cm³/mol. The van der Waals surface area contributed by atoms with Crippen molar-refractivity contribution in [2.24, 2.45) is 17.8 Å². The minimum absolute atomic E-state index is 0.0475. The molecule has 1 aromatic heterocycles. The van der Waals surface area contributed by atoms with Crippen molar-refractivity contribution in [3.8, 4) is 28.6 Å². The van der Waals surface area contributed by atoms with Crippen LogP contribution in [0.2, 0.25) is 5.02 Å². The Hall–Kier alpha value is -5.09. The standard InChI is InChI=1S/C45H56ClN5O10S/c1-25-10-8-9-11-29-23-45(29,42(54)49-62(57,58)32-14-15-32)48-39(52)36-22-31(24-50(36)41(53)38(26(2)18-25)51(43(55)56)44(3,4)5)61-40-33-16-13-30(59-6)19-28(33)21-35(47-40)27-12-17-37(60-7)34(46)20-27/h9,11-13,16-17,19-21,25-26,29,31-32,36,38H,8,10,14-15,18,22-24H2,1-7H3,(H,48,52)(H,49,54)(H,55,56)/b11-9-/t25-,26-,29-,31-,36+,38+,45-/m1/s1. The molecule has 4 aliphatic rings. The number of methoxy groups -OCH3 is 2. The van der Waals surface area contributed by atoms with Crippen LogP contribution in [0.1, 0.15) is 79.6 Å². The molecule has 0 unspecified atom stereocenters. The number of carbonyl (C=O) groups excluding carboxylic acids is 3. The Kier molecular flexibility index (Phi) is 12.5. The number of nitrogens with one attached hydrogen (secondary N) is 2. The van der Waals surface area contributed by atoms with E-state index < -0.39 is 80.2 Å². The van der Waals surface area contributed by atoms with Crippen LogP contribution in [-0.4, -0.2) is 107 Å². The van der Waals surface area contributed by atoms with Gasteiger partial charge in [0.2, 0.25) is 27.7 Å². The van der Waals surface area contributed by atoms with E-state index in [1.165, 1.54) is 16.9 Å². The third-order valence-electron chi connectivity index (χ3n) is 12.5. The van der Waals surface area contributed by atoms with Gasteiger partial charge in [-0.15, -0.1) is 0 Å². The van der Waals surface area contributed by atoms with Crippen LogP contribution in [0, 0.1) is 17.8 Å². The molecule has 0 bridgehead atoms. The lowest BCUT2D eigenvalue weighted by atomic mass is 9.85. The van der Waals surface area contributed by atoms with Crippen LogP contribution < -0.4 is 24.2 Å². The Morgan fingerprint density at radius 3 is 2.42 bits per heavy atom. The van der Waals surface area contributed by atoms with Gasteiger partial charge in [-0.1, -0.05) is 37.6 Å². The molecular weight excluding hydrogens is 838 g/mol. The number of hydrogen-bond acceptors (Lipinski definition) is 10. The Morgan fingerprint density at radius 2 is 1.77 bits per heavy atom. The molecule has 3 aromatic rings. The van der Waals surface area contributed by atoms with E-state index in [0.29, 0.717) is 58.8 Å². The van der Waals surface area contributed by atoms with Crippen molar-refractivity contribution >= 4 is 56.2 Å². The highest BCUT2D eigenvalue weighted by molar-refractivity contribution is 7.91. The summed E-state index contributed by atoms with van der Waals surface area (Å²) in [4.78, 5) is 64.6. The predicted octanol–water partition coefficient (Wildman–Crippen LogP) is 6.56. The minimum atomic E-state index is -3.95. The number of rotatable bonds is 9. The molecular formula is C45H56ClN5O10S. The van der Waals surface area contributed by atoms with E-state index in [0.717, 1.165) is 11.8 Å². The fourth-order valence-electron chi connectivity index (χ4n) is 9.02. The normalized spacial score (nSPS) is 27.5. The largest absolute Gasteiger partial charge is 0.497 e. The number of sulfonamides is 1. The maximum atomic E-state index is 15.3. The monoisotopic (exact) mass is 893 g/mol. The van der Waals surface area contributed by atoms with E-state index in [4.69, 9.17) is 30.8 Å². The average molecular weight is 894 g/mol.